The van der Waals surface area contributed by atoms with Crippen LogP contribution in [0.3, 0.4) is 0 Å². The average molecular weight is 275 g/mol. The molecule has 0 saturated heterocycles. The number of halogens is 3. The van der Waals surface area contributed by atoms with Crippen molar-refractivity contribution in [2.24, 2.45) is 5.73 Å². The Kier molecular flexibility index (Phi) is 4.36. The number of hydrogen-bond donors (Lipinski definition) is 3. The molecule has 1 rings (SSSR count). The minimum Gasteiger partial charge on any atom is -0.352 e. The molecule has 3 amide bonds. The molecule has 1 aromatic carbocycles. The summed E-state index contributed by atoms with van der Waals surface area (Å²) in [7, 11) is 0. The van der Waals surface area contributed by atoms with Crippen molar-refractivity contribution in [2.75, 3.05) is 5.32 Å². The first-order valence-electron chi connectivity index (χ1n) is 5.24. The first-order valence-corrected chi connectivity index (χ1v) is 5.24. The number of alkyl halides is 3. The van der Waals surface area contributed by atoms with Crippen LogP contribution in [-0.4, -0.2) is 18.0 Å². The summed E-state index contributed by atoms with van der Waals surface area (Å²) in [6.45, 7) is 1.35. The van der Waals surface area contributed by atoms with Gasteiger partial charge in [-0.05, 0) is 25.1 Å². The van der Waals surface area contributed by atoms with E-state index < -0.39 is 29.7 Å². The number of carbonyl (C=O) groups excluding carboxylic acids is 2. The van der Waals surface area contributed by atoms with Gasteiger partial charge in [-0.2, -0.15) is 13.2 Å². The summed E-state index contributed by atoms with van der Waals surface area (Å²) in [5.41, 5.74) is 3.94. The summed E-state index contributed by atoms with van der Waals surface area (Å²) in [5.74, 6) is -0.668. The van der Waals surface area contributed by atoms with E-state index in [1.54, 1.807) is 0 Å². The maximum absolute atomic E-state index is 12.4. The van der Waals surface area contributed by atoms with Crippen molar-refractivity contribution in [3.63, 3.8) is 0 Å². The number of hydrogen-bond acceptors (Lipinski definition) is 2. The molecule has 0 heterocycles. The number of amides is 3. The molecule has 8 heteroatoms. The number of nitrogens with one attached hydrogen (secondary N) is 2. The van der Waals surface area contributed by atoms with E-state index in [9.17, 15) is 22.8 Å². The van der Waals surface area contributed by atoms with E-state index in [-0.39, 0.29) is 5.69 Å². The Morgan fingerprint density at radius 1 is 1.32 bits per heavy atom. The first kappa shape index (κ1) is 14.8. The smallest absolute Gasteiger partial charge is 0.352 e. The number of primary amides is 1. The number of nitrogens with two attached hydrogens (primary N) is 1. The number of urea groups is 1. The lowest BCUT2D eigenvalue weighted by Gasteiger charge is -2.13. The van der Waals surface area contributed by atoms with Crippen LogP contribution in [0.25, 0.3) is 0 Å². The maximum atomic E-state index is 12.4. The van der Waals surface area contributed by atoms with E-state index >= 15 is 0 Å². The van der Waals surface area contributed by atoms with Gasteiger partial charge in [0.15, 0.2) is 0 Å². The molecule has 1 unspecified atom stereocenters. The van der Waals surface area contributed by atoms with Gasteiger partial charge in [-0.1, -0.05) is 6.07 Å². The molecular formula is C11H12F3N3O2. The molecule has 0 radical (unpaired) electrons. The second kappa shape index (κ2) is 5.59. The molecule has 4 N–H and O–H groups in total. The fraction of sp³-hybridized carbons (Fsp3) is 0.273. The number of benzene rings is 1. The lowest BCUT2D eigenvalue weighted by atomic mass is 10.2. The molecule has 104 valence electrons. The van der Waals surface area contributed by atoms with Crippen molar-refractivity contribution < 1.29 is 22.8 Å². The first-order chi connectivity index (χ1) is 8.70. The molecule has 0 spiro atoms. The van der Waals surface area contributed by atoms with Gasteiger partial charge in [0.1, 0.15) is 6.04 Å². The zero-order valence-electron chi connectivity index (χ0n) is 9.91. The highest BCUT2D eigenvalue weighted by atomic mass is 19.4. The van der Waals surface area contributed by atoms with Gasteiger partial charge in [-0.15, -0.1) is 0 Å². The van der Waals surface area contributed by atoms with Crippen molar-refractivity contribution in [1.82, 2.24) is 5.32 Å². The largest absolute Gasteiger partial charge is 0.416 e. The Morgan fingerprint density at radius 3 is 2.47 bits per heavy atom. The third-order valence-corrected chi connectivity index (χ3v) is 2.21. The summed E-state index contributed by atoms with van der Waals surface area (Å²) in [5, 5.41) is 4.36. The molecule has 0 aliphatic rings. The fourth-order valence-electron chi connectivity index (χ4n) is 1.30. The van der Waals surface area contributed by atoms with Crippen molar-refractivity contribution in [3.05, 3.63) is 29.8 Å². The van der Waals surface area contributed by atoms with Crippen LogP contribution in [0, 0.1) is 0 Å². The van der Waals surface area contributed by atoms with Crippen LogP contribution < -0.4 is 16.4 Å². The summed E-state index contributed by atoms with van der Waals surface area (Å²) >= 11 is 0. The predicted octanol–water partition coefficient (Wildman–Crippen LogP) is 1.70. The molecular weight excluding hydrogens is 263 g/mol. The summed E-state index contributed by atoms with van der Waals surface area (Å²) in [6.07, 6.45) is -4.49. The Labute approximate surface area is 107 Å². The normalized spacial score (nSPS) is 12.6. The Hall–Kier alpha value is -2.25. The Bertz CT molecular complexity index is 488. The molecule has 0 aromatic heterocycles. The highest BCUT2D eigenvalue weighted by Gasteiger charge is 2.30. The number of rotatable bonds is 3. The number of anilines is 1. The van der Waals surface area contributed by atoms with Gasteiger partial charge in [-0.25, -0.2) is 4.79 Å². The van der Waals surface area contributed by atoms with E-state index in [4.69, 9.17) is 5.73 Å². The molecule has 1 aromatic rings. The SMILES string of the molecule is CC(NC(N)=O)C(=O)Nc1cccc(C(F)(F)F)c1. The zero-order chi connectivity index (χ0) is 14.6. The topological polar surface area (TPSA) is 84.2 Å². The van der Waals surface area contributed by atoms with Gasteiger partial charge in [0.25, 0.3) is 0 Å². The third kappa shape index (κ3) is 4.49. The average Bonchev–Trinajstić information content (AvgIpc) is 2.27. The van der Waals surface area contributed by atoms with Gasteiger partial charge in [0, 0.05) is 5.69 Å². The van der Waals surface area contributed by atoms with Crippen molar-refractivity contribution in [2.45, 2.75) is 19.1 Å². The molecule has 0 saturated carbocycles. The van der Waals surface area contributed by atoms with Crippen molar-refractivity contribution in [3.8, 4) is 0 Å². The second-order valence-electron chi connectivity index (χ2n) is 3.80. The van der Waals surface area contributed by atoms with Gasteiger partial charge in [0.05, 0.1) is 5.56 Å². The monoisotopic (exact) mass is 275 g/mol. The molecule has 1 atom stereocenters. The van der Waals surface area contributed by atoms with E-state index in [1.807, 2.05) is 0 Å². The van der Waals surface area contributed by atoms with Crippen molar-refractivity contribution in [1.29, 1.82) is 0 Å². The van der Waals surface area contributed by atoms with Gasteiger partial charge < -0.3 is 16.4 Å². The quantitative estimate of drug-likeness (QED) is 0.784. The van der Waals surface area contributed by atoms with E-state index in [1.165, 1.54) is 19.1 Å². The molecule has 19 heavy (non-hydrogen) atoms. The molecule has 0 aliphatic heterocycles. The Balaban J connectivity index is 2.77. The summed E-state index contributed by atoms with van der Waals surface area (Å²) in [6, 6.07) is 2.32. The van der Waals surface area contributed by atoms with Crippen LogP contribution in [0.5, 0.6) is 0 Å². The molecule has 0 aliphatic carbocycles. The van der Waals surface area contributed by atoms with Gasteiger partial charge in [0.2, 0.25) is 5.91 Å². The summed E-state index contributed by atoms with van der Waals surface area (Å²) < 4.78 is 37.3. The minimum atomic E-state index is -4.49. The highest BCUT2D eigenvalue weighted by molar-refractivity contribution is 5.96. The van der Waals surface area contributed by atoms with Gasteiger partial charge >= 0.3 is 12.2 Å². The maximum Gasteiger partial charge on any atom is 0.416 e. The van der Waals surface area contributed by atoms with Crippen LogP contribution in [0.15, 0.2) is 24.3 Å². The standard InChI is InChI=1S/C11H12F3N3O2/c1-6(16-10(15)19)9(18)17-8-4-2-3-7(5-8)11(12,13)14/h2-6H,1H3,(H,17,18)(H3,15,16,19). The second-order valence-corrected chi connectivity index (χ2v) is 3.80. The van der Waals surface area contributed by atoms with Crippen LogP contribution >= 0.6 is 0 Å². The van der Waals surface area contributed by atoms with Crippen LogP contribution in [-0.2, 0) is 11.0 Å². The lowest BCUT2D eigenvalue weighted by Crippen LogP contribution is -2.44. The van der Waals surface area contributed by atoms with Crippen LogP contribution in [0.2, 0.25) is 0 Å². The highest BCUT2D eigenvalue weighted by Crippen LogP contribution is 2.30. The van der Waals surface area contributed by atoms with Crippen LogP contribution in [0.1, 0.15) is 12.5 Å². The third-order valence-electron chi connectivity index (χ3n) is 2.21. The number of carbonyl (C=O) groups is 2. The van der Waals surface area contributed by atoms with E-state index in [0.29, 0.717) is 0 Å². The van der Waals surface area contributed by atoms with Crippen LogP contribution in [0.4, 0.5) is 23.7 Å². The Morgan fingerprint density at radius 2 is 1.95 bits per heavy atom. The lowest BCUT2D eigenvalue weighted by molar-refractivity contribution is -0.137. The van der Waals surface area contributed by atoms with E-state index in [0.717, 1.165) is 12.1 Å². The molecule has 5 nitrogen and oxygen atoms in total. The van der Waals surface area contributed by atoms with E-state index in [2.05, 4.69) is 10.6 Å². The molecule has 0 fully saturated rings. The fourth-order valence-corrected chi connectivity index (χ4v) is 1.30. The molecule has 0 bridgehead atoms. The van der Waals surface area contributed by atoms with Gasteiger partial charge in [-0.3, -0.25) is 4.79 Å². The van der Waals surface area contributed by atoms with Crippen molar-refractivity contribution >= 4 is 17.6 Å². The summed E-state index contributed by atoms with van der Waals surface area (Å²) in [4.78, 5) is 22.1. The minimum absolute atomic E-state index is 0.0158. The zero-order valence-corrected chi connectivity index (χ0v) is 9.91. The predicted molar refractivity (Wildman–Crippen MR) is 62.3 cm³/mol.